The fraction of sp³-hybridized carbons (Fsp3) is 0.353. The Labute approximate surface area is 125 Å². The Hall–Kier alpha value is -2.07. The Balaban J connectivity index is 1.97. The Morgan fingerprint density at radius 1 is 1.00 bits per heavy atom. The van der Waals surface area contributed by atoms with Gasteiger partial charge in [-0.15, -0.1) is 0 Å². The molecule has 4 heteroatoms. The molecular formula is C17H21NO3. The predicted molar refractivity (Wildman–Crippen MR) is 81.8 cm³/mol. The maximum Gasteiger partial charge on any atom is 0.145 e. The molecule has 0 fully saturated rings. The van der Waals surface area contributed by atoms with Crippen molar-refractivity contribution in [3.8, 4) is 17.2 Å². The maximum absolute atomic E-state index is 9.69. The minimum absolute atomic E-state index is 0.519. The molecule has 1 heterocycles. The molecule has 1 aromatic heterocycles. The second-order valence-electron chi connectivity index (χ2n) is 4.76. The van der Waals surface area contributed by atoms with Crippen molar-refractivity contribution in [3.63, 3.8) is 0 Å². The number of hydrogen-bond donors (Lipinski definition) is 1. The number of aliphatic hydroxyl groups excluding tert-OH is 1. The van der Waals surface area contributed by atoms with Gasteiger partial charge in [0.05, 0.1) is 24.6 Å². The zero-order valence-corrected chi connectivity index (χ0v) is 12.5. The molecule has 0 saturated heterocycles. The van der Waals surface area contributed by atoms with Crippen LogP contribution in [-0.4, -0.2) is 16.7 Å². The molecule has 2 rings (SSSR count). The molecule has 0 aliphatic rings. The second kappa shape index (κ2) is 7.64. The monoisotopic (exact) mass is 287 g/mol. The van der Waals surface area contributed by atoms with E-state index >= 15 is 0 Å². The normalized spacial score (nSPS) is 12.0. The second-order valence-corrected chi connectivity index (χ2v) is 4.76. The van der Waals surface area contributed by atoms with E-state index in [2.05, 4.69) is 11.9 Å². The SMILES string of the molecule is CCCOc1ccc(Oc2ccc([C@H](O)CC)nc2)cc1. The first-order chi connectivity index (χ1) is 10.2. The van der Waals surface area contributed by atoms with E-state index in [0.717, 1.165) is 17.9 Å². The van der Waals surface area contributed by atoms with Crippen molar-refractivity contribution in [2.75, 3.05) is 6.61 Å². The average molecular weight is 287 g/mol. The topological polar surface area (TPSA) is 51.6 Å². The Morgan fingerprint density at radius 3 is 2.24 bits per heavy atom. The van der Waals surface area contributed by atoms with Crippen LogP contribution in [0.1, 0.15) is 38.5 Å². The van der Waals surface area contributed by atoms with Gasteiger partial charge < -0.3 is 14.6 Å². The summed E-state index contributed by atoms with van der Waals surface area (Å²) in [5, 5.41) is 9.69. The van der Waals surface area contributed by atoms with Crippen LogP contribution in [0.15, 0.2) is 42.6 Å². The first-order valence-corrected chi connectivity index (χ1v) is 7.27. The summed E-state index contributed by atoms with van der Waals surface area (Å²) in [4.78, 5) is 4.20. The van der Waals surface area contributed by atoms with Crippen LogP contribution in [0.2, 0.25) is 0 Å². The van der Waals surface area contributed by atoms with E-state index in [1.807, 2.05) is 37.3 Å². The van der Waals surface area contributed by atoms with Crippen molar-refractivity contribution in [1.82, 2.24) is 4.98 Å². The molecule has 1 N–H and O–H groups in total. The first kappa shape index (κ1) is 15.3. The molecule has 0 saturated carbocycles. The van der Waals surface area contributed by atoms with Crippen molar-refractivity contribution < 1.29 is 14.6 Å². The number of nitrogens with zero attached hydrogens (tertiary/aromatic N) is 1. The number of pyridine rings is 1. The molecule has 112 valence electrons. The lowest BCUT2D eigenvalue weighted by molar-refractivity contribution is 0.169. The van der Waals surface area contributed by atoms with Crippen molar-refractivity contribution >= 4 is 0 Å². The van der Waals surface area contributed by atoms with E-state index in [4.69, 9.17) is 9.47 Å². The molecule has 0 unspecified atom stereocenters. The Bertz CT molecular complexity index is 537. The van der Waals surface area contributed by atoms with E-state index < -0.39 is 6.10 Å². The Kier molecular flexibility index (Phi) is 5.58. The van der Waals surface area contributed by atoms with Crippen molar-refractivity contribution in [1.29, 1.82) is 0 Å². The summed E-state index contributed by atoms with van der Waals surface area (Å²) in [5.41, 5.74) is 0.660. The molecule has 0 spiro atoms. The zero-order valence-electron chi connectivity index (χ0n) is 12.5. The predicted octanol–water partition coefficient (Wildman–Crippen LogP) is 4.11. The first-order valence-electron chi connectivity index (χ1n) is 7.27. The van der Waals surface area contributed by atoms with Gasteiger partial charge in [-0.1, -0.05) is 13.8 Å². The molecule has 0 radical (unpaired) electrons. The standard InChI is InChI=1S/C17H21NO3/c1-3-11-20-13-5-7-14(8-6-13)21-15-9-10-16(18-12-15)17(19)4-2/h5-10,12,17,19H,3-4,11H2,1-2H3/t17-/m1/s1. The van der Waals surface area contributed by atoms with Gasteiger partial charge in [-0.25, -0.2) is 0 Å². The molecule has 0 aliphatic carbocycles. The lowest BCUT2D eigenvalue weighted by Gasteiger charge is -2.10. The van der Waals surface area contributed by atoms with Gasteiger partial charge >= 0.3 is 0 Å². The molecule has 1 aromatic carbocycles. The van der Waals surface area contributed by atoms with Crippen LogP contribution in [0.5, 0.6) is 17.2 Å². The van der Waals surface area contributed by atoms with Gasteiger partial charge in [0, 0.05) is 0 Å². The van der Waals surface area contributed by atoms with Crippen LogP contribution in [0.25, 0.3) is 0 Å². The third-order valence-corrected chi connectivity index (χ3v) is 3.02. The van der Waals surface area contributed by atoms with Gasteiger partial charge in [0.15, 0.2) is 0 Å². The zero-order chi connectivity index (χ0) is 15.1. The third-order valence-electron chi connectivity index (χ3n) is 3.02. The lowest BCUT2D eigenvalue weighted by atomic mass is 10.2. The lowest BCUT2D eigenvalue weighted by Crippen LogP contribution is -1.98. The summed E-state index contributed by atoms with van der Waals surface area (Å²) in [6.07, 6.45) is 2.73. The molecule has 1 atom stereocenters. The number of aliphatic hydroxyl groups is 1. The van der Waals surface area contributed by atoms with Crippen LogP contribution in [-0.2, 0) is 0 Å². The smallest absolute Gasteiger partial charge is 0.145 e. The van der Waals surface area contributed by atoms with Crippen LogP contribution in [0, 0.1) is 0 Å². The van der Waals surface area contributed by atoms with E-state index in [0.29, 0.717) is 24.5 Å². The van der Waals surface area contributed by atoms with Gasteiger partial charge in [-0.3, -0.25) is 4.98 Å². The molecule has 21 heavy (non-hydrogen) atoms. The summed E-state index contributed by atoms with van der Waals surface area (Å²) < 4.78 is 11.2. The van der Waals surface area contributed by atoms with Gasteiger partial charge in [-0.2, -0.15) is 0 Å². The van der Waals surface area contributed by atoms with Crippen LogP contribution < -0.4 is 9.47 Å². The molecular weight excluding hydrogens is 266 g/mol. The van der Waals surface area contributed by atoms with E-state index in [1.165, 1.54) is 0 Å². The summed E-state index contributed by atoms with van der Waals surface area (Å²) in [6.45, 7) is 4.70. The number of ether oxygens (including phenoxy) is 2. The van der Waals surface area contributed by atoms with Gasteiger partial charge in [0.1, 0.15) is 17.2 Å². The van der Waals surface area contributed by atoms with E-state index in [1.54, 1.807) is 12.3 Å². The number of aromatic nitrogens is 1. The van der Waals surface area contributed by atoms with Gasteiger partial charge in [-0.05, 0) is 49.2 Å². The van der Waals surface area contributed by atoms with Crippen LogP contribution in [0.3, 0.4) is 0 Å². The molecule has 0 amide bonds. The van der Waals surface area contributed by atoms with Crippen LogP contribution in [0.4, 0.5) is 0 Å². The van der Waals surface area contributed by atoms with E-state index in [-0.39, 0.29) is 0 Å². The van der Waals surface area contributed by atoms with E-state index in [9.17, 15) is 5.11 Å². The fourth-order valence-electron chi connectivity index (χ4n) is 1.82. The highest BCUT2D eigenvalue weighted by molar-refractivity contribution is 5.34. The fourth-order valence-corrected chi connectivity index (χ4v) is 1.82. The minimum atomic E-state index is -0.519. The number of rotatable bonds is 7. The Morgan fingerprint density at radius 2 is 1.67 bits per heavy atom. The van der Waals surface area contributed by atoms with Crippen molar-refractivity contribution in [2.24, 2.45) is 0 Å². The quantitative estimate of drug-likeness (QED) is 0.832. The largest absolute Gasteiger partial charge is 0.494 e. The number of hydrogen-bond acceptors (Lipinski definition) is 4. The average Bonchev–Trinajstić information content (AvgIpc) is 2.54. The maximum atomic E-state index is 9.69. The summed E-state index contributed by atoms with van der Waals surface area (Å²) in [7, 11) is 0. The van der Waals surface area contributed by atoms with Crippen molar-refractivity contribution in [3.05, 3.63) is 48.3 Å². The molecule has 2 aromatic rings. The highest BCUT2D eigenvalue weighted by Gasteiger charge is 2.06. The molecule has 4 nitrogen and oxygen atoms in total. The summed E-state index contributed by atoms with van der Waals surface area (Å²) >= 11 is 0. The van der Waals surface area contributed by atoms with Crippen LogP contribution >= 0.6 is 0 Å². The third kappa shape index (κ3) is 4.46. The molecule has 0 bridgehead atoms. The van der Waals surface area contributed by atoms with Crippen molar-refractivity contribution in [2.45, 2.75) is 32.8 Å². The minimum Gasteiger partial charge on any atom is -0.494 e. The molecule has 0 aliphatic heterocycles. The summed E-state index contributed by atoms with van der Waals surface area (Å²) in [5.74, 6) is 2.21. The highest BCUT2D eigenvalue weighted by Crippen LogP contribution is 2.24. The number of benzene rings is 1. The van der Waals surface area contributed by atoms with Gasteiger partial charge in [0.25, 0.3) is 0 Å². The highest BCUT2D eigenvalue weighted by atomic mass is 16.5. The van der Waals surface area contributed by atoms with Gasteiger partial charge in [0.2, 0.25) is 0 Å². The summed E-state index contributed by atoms with van der Waals surface area (Å²) in [6, 6.07) is 11.1.